The van der Waals surface area contributed by atoms with Gasteiger partial charge in [0.25, 0.3) is 5.91 Å². The molecule has 0 unspecified atom stereocenters. The molecule has 0 bridgehead atoms. The monoisotopic (exact) mass is 529 g/mol. The summed E-state index contributed by atoms with van der Waals surface area (Å²) in [5, 5.41) is 15.2. The molecular formula is C27H21ClFN7O2. The van der Waals surface area contributed by atoms with Gasteiger partial charge in [0.15, 0.2) is 5.78 Å². The molecule has 2 aromatic carbocycles. The molecule has 0 aliphatic heterocycles. The molecule has 1 N–H and O–H groups in total. The standard InChI is InChI=1S/C27H21ClFN7O2/c1-35-19(16-31-34-35)10-12-24(37)23-15-25(36(33-23)18-6-3-2-4-7-18)32-27(38)20-14-17(9-11-21(20)28)26-22(29)8-5-13-30-26/h2-9,11,13-16H,10,12H2,1H3,(H,32,38). The highest BCUT2D eigenvalue weighted by Gasteiger charge is 2.20. The SMILES string of the molecule is Cn1nncc1CCC(=O)c1cc(NC(=O)c2cc(-c3ncccc3F)ccc2Cl)n(-c2ccccc2)n1. The number of hydrogen-bond acceptors (Lipinski definition) is 6. The fourth-order valence-corrected chi connectivity index (χ4v) is 4.11. The molecular weight excluding hydrogens is 509 g/mol. The molecule has 3 aromatic heterocycles. The van der Waals surface area contributed by atoms with Gasteiger partial charge >= 0.3 is 0 Å². The van der Waals surface area contributed by atoms with E-state index in [-0.39, 0.29) is 40.0 Å². The zero-order chi connectivity index (χ0) is 26.6. The number of aryl methyl sites for hydroxylation is 2. The number of hydrogen-bond donors (Lipinski definition) is 1. The summed E-state index contributed by atoms with van der Waals surface area (Å²) in [6.07, 6.45) is 3.70. The van der Waals surface area contributed by atoms with Crippen molar-refractivity contribution in [1.29, 1.82) is 0 Å². The fourth-order valence-electron chi connectivity index (χ4n) is 3.91. The number of aromatic nitrogens is 6. The molecule has 0 fully saturated rings. The van der Waals surface area contributed by atoms with Crippen LogP contribution in [-0.2, 0) is 13.5 Å². The third-order valence-corrected chi connectivity index (χ3v) is 6.23. The van der Waals surface area contributed by atoms with Crippen molar-refractivity contribution in [2.45, 2.75) is 12.8 Å². The molecule has 5 aromatic rings. The molecule has 0 saturated heterocycles. The van der Waals surface area contributed by atoms with Gasteiger partial charge in [-0.1, -0.05) is 41.1 Å². The average molecular weight is 530 g/mol. The van der Waals surface area contributed by atoms with Crippen LogP contribution in [0.3, 0.4) is 0 Å². The number of halogens is 2. The lowest BCUT2D eigenvalue weighted by Crippen LogP contribution is -2.15. The number of nitrogens with zero attached hydrogens (tertiary/aromatic N) is 6. The van der Waals surface area contributed by atoms with Gasteiger partial charge in [0, 0.05) is 31.3 Å². The van der Waals surface area contributed by atoms with Gasteiger partial charge in [0.05, 0.1) is 28.2 Å². The summed E-state index contributed by atoms with van der Waals surface area (Å²) in [4.78, 5) is 30.4. The molecule has 1 amide bonds. The fraction of sp³-hybridized carbons (Fsp3) is 0.111. The number of rotatable bonds is 8. The Bertz CT molecular complexity index is 1630. The zero-order valence-electron chi connectivity index (χ0n) is 20.2. The summed E-state index contributed by atoms with van der Waals surface area (Å²) < 4.78 is 17.4. The van der Waals surface area contributed by atoms with Gasteiger partial charge in [-0.2, -0.15) is 5.10 Å². The first kappa shape index (κ1) is 25.0. The second-order valence-corrected chi connectivity index (χ2v) is 8.82. The van der Waals surface area contributed by atoms with Crippen molar-refractivity contribution in [2.24, 2.45) is 7.05 Å². The van der Waals surface area contributed by atoms with Gasteiger partial charge in [-0.15, -0.1) is 5.10 Å². The maximum atomic E-state index is 14.3. The van der Waals surface area contributed by atoms with Crippen LogP contribution < -0.4 is 5.32 Å². The molecule has 0 spiro atoms. The Balaban J connectivity index is 1.44. The molecule has 3 heterocycles. The van der Waals surface area contributed by atoms with Crippen LogP contribution in [0.5, 0.6) is 0 Å². The Morgan fingerprint density at radius 3 is 2.61 bits per heavy atom. The molecule has 0 aliphatic rings. The van der Waals surface area contributed by atoms with E-state index in [0.29, 0.717) is 17.7 Å². The van der Waals surface area contributed by atoms with Crippen LogP contribution in [0.1, 0.15) is 33.0 Å². The zero-order valence-corrected chi connectivity index (χ0v) is 20.9. The molecule has 0 atom stereocenters. The molecule has 190 valence electrons. The Hall–Kier alpha value is -4.70. The highest BCUT2D eigenvalue weighted by atomic mass is 35.5. The Labute approximate surface area is 221 Å². The van der Waals surface area contributed by atoms with Crippen LogP contribution in [-0.4, -0.2) is 41.4 Å². The summed E-state index contributed by atoms with van der Waals surface area (Å²) >= 11 is 6.34. The molecule has 0 saturated carbocycles. The number of benzene rings is 2. The predicted octanol–water partition coefficient (Wildman–Crippen LogP) is 4.92. The summed E-state index contributed by atoms with van der Waals surface area (Å²) in [7, 11) is 1.76. The van der Waals surface area contributed by atoms with Crippen LogP contribution in [0.2, 0.25) is 5.02 Å². The van der Waals surface area contributed by atoms with Gasteiger partial charge < -0.3 is 5.32 Å². The number of carbonyl (C=O) groups excluding carboxylic acids is 2. The minimum Gasteiger partial charge on any atom is -0.306 e. The predicted molar refractivity (Wildman–Crippen MR) is 140 cm³/mol. The molecule has 11 heteroatoms. The highest BCUT2D eigenvalue weighted by molar-refractivity contribution is 6.34. The van der Waals surface area contributed by atoms with Crippen LogP contribution >= 0.6 is 11.6 Å². The summed E-state index contributed by atoms with van der Waals surface area (Å²) in [6, 6.07) is 18.0. The molecule has 0 radical (unpaired) electrons. The van der Waals surface area contributed by atoms with Gasteiger partial charge in [0.2, 0.25) is 0 Å². The topological polar surface area (TPSA) is 108 Å². The smallest absolute Gasteiger partial charge is 0.258 e. The molecule has 5 rings (SSSR count). The van der Waals surface area contributed by atoms with Gasteiger partial charge in [-0.25, -0.2) is 9.07 Å². The average Bonchev–Trinajstić information content (AvgIpc) is 3.54. The normalized spacial score (nSPS) is 10.9. The summed E-state index contributed by atoms with van der Waals surface area (Å²) in [5.74, 6) is -1.00. The third-order valence-electron chi connectivity index (χ3n) is 5.90. The van der Waals surface area contributed by atoms with E-state index in [0.717, 1.165) is 5.69 Å². The number of anilines is 1. The molecule has 38 heavy (non-hydrogen) atoms. The van der Waals surface area contributed by atoms with Gasteiger partial charge in [0.1, 0.15) is 23.0 Å². The Kier molecular flexibility index (Phi) is 7.05. The van der Waals surface area contributed by atoms with Crippen molar-refractivity contribution >= 4 is 29.1 Å². The first-order valence-corrected chi connectivity index (χ1v) is 12.0. The number of para-hydroxylation sites is 1. The van der Waals surface area contributed by atoms with E-state index in [1.54, 1.807) is 36.1 Å². The second kappa shape index (κ2) is 10.7. The van der Waals surface area contributed by atoms with Gasteiger partial charge in [-0.3, -0.25) is 19.3 Å². The minimum atomic E-state index is -0.551. The Morgan fingerprint density at radius 2 is 1.87 bits per heavy atom. The highest BCUT2D eigenvalue weighted by Crippen LogP contribution is 2.27. The maximum absolute atomic E-state index is 14.3. The number of amides is 1. The maximum Gasteiger partial charge on any atom is 0.258 e. The van der Waals surface area contributed by atoms with E-state index in [9.17, 15) is 14.0 Å². The summed E-state index contributed by atoms with van der Waals surface area (Å²) in [5.41, 5.74) is 2.27. The third kappa shape index (κ3) is 5.21. The first-order chi connectivity index (χ1) is 18.4. The van der Waals surface area contributed by atoms with E-state index in [1.165, 1.54) is 41.2 Å². The van der Waals surface area contributed by atoms with E-state index in [1.807, 2.05) is 18.2 Å². The quantitative estimate of drug-likeness (QED) is 0.286. The number of pyridine rings is 1. The number of nitrogens with one attached hydrogen (secondary N) is 1. The second-order valence-electron chi connectivity index (χ2n) is 8.42. The van der Waals surface area contributed by atoms with E-state index >= 15 is 0 Å². The van der Waals surface area contributed by atoms with Crippen molar-refractivity contribution in [1.82, 2.24) is 29.8 Å². The molecule has 9 nitrogen and oxygen atoms in total. The van der Waals surface area contributed by atoms with Crippen LogP contribution in [0.25, 0.3) is 16.9 Å². The van der Waals surface area contributed by atoms with Gasteiger partial charge in [-0.05, 0) is 42.8 Å². The van der Waals surface area contributed by atoms with E-state index < -0.39 is 11.7 Å². The lowest BCUT2D eigenvalue weighted by Gasteiger charge is -2.11. The lowest BCUT2D eigenvalue weighted by molar-refractivity contribution is 0.0975. The van der Waals surface area contributed by atoms with Crippen molar-refractivity contribution in [3.63, 3.8) is 0 Å². The minimum absolute atomic E-state index is 0.101. The van der Waals surface area contributed by atoms with Crippen LogP contribution in [0.15, 0.2) is 79.1 Å². The van der Waals surface area contributed by atoms with Crippen LogP contribution in [0, 0.1) is 5.82 Å². The van der Waals surface area contributed by atoms with E-state index in [4.69, 9.17) is 11.6 Å². The van der Waals surface area contributed by atoms with E-state index in [2.05, 4.69) is 25.7 Å². The first-order valence-electron chi connectivity index (χ1n) is 11.6. The summed E-state index contributed by atoms with van der Waals surface area (Å²) in [6.45, 7) is 0. The number of ketones is 1. The Morgan fingerprint density at radius 1 is 1.05 bits per heavy atom. The van der Waals surface area contributed by atoms with Crippen LogP contribution in [0.4, 0.5) is 10.2 Å². The van der Waals surface area contributed by atoms with Crippen molar-refractivity contribution < 1.29 is 14.0 Å². The number of Topliss-reactive ketones (excluding diaryl/α,β-unsaturated/α-hetero) is 1. The lowest BCUT2D eigenvalue weighted by atomic mass is 10.1. The molecule has 0 aliphatic carbocycles. The van der Waals surface area contributed by atoms with Crippen molar-refractivity contribution in [2.75, 3.05) is 5.32 Å². The van der Waals surface area contributed by atoms with Crippen molar-refractivity contribution in [3.8, 4) is 16.9 Å². The van der Waals surface area contributed by atoms with Crippen molar-refractivity contribution in [3.05, 3.63) is 107 Å². The number of carbonyl (C=O) groups is 2. The largest absolute Gasteiger partial charge is 0.306 e.